The van der Waals surface area contributed by atoms with Gasteiger partial charge in [0.1, 0.15) is 5.75 Å². The van der Waals surface area contributed by atoms with Gasteiger partial charge in [0.05, 0.1) is 12.3 Å². The van der Waals surface area contributed by atoms with Gasteiger partial charge >= 0.3 is 0 Å². The molecule has 0 saturated carbocycles. The fourth-order valence-electron chi connectivity index (χ4n) is 3.48. The van der Waals surface area contributed by atoms with Gasteiger partial charge in [0, 0.05) is 32.0 Å². The molecule has 0 radical (unpaired) electrons. The molecule has 0 bridgehead atoms. The van der Waals surface area contributed by atoms with Crippen LogP contribution in [0, 0.1) is 0 Å². The summed E-state index contributed by atoms with van der Waals surface area (Å²) in [7, 11) is 1.92. The van der Waals surface area contributed by atoms with Crippen LogP contribution < -0.4 is 24.8 Å². The van der Waals surface area contributed by atoms with E-state index in [2.05, 4.69) is 21.8 Å². The van der Waals surface area contributed by atoms with Crippen LogP contribution in [-0.2, 0) is 19.9 Å². The summed E-state index contributed by atoms with van der Waals surface area (Å²) in [6, 6.07) is 13.9. The van der Waals surface area contributed by atoms with Crippen LogP contribution in [0.5, 0.6) is 17.2 Å². The van der Waals surface area contributed by atoms with E-state index in [9.17, 15) is 0 Å². The smallest absolute Gasteiger partial charge is 0.231 e. The lowest BCUT2D eigenvalue weighted by molar-refractivity contribution is 0.174. The zero-order valence-corrected chi connectivity index (χ0v) is 22.1. The standard InChI is InChI=1S/C25H31N5O3.HI/c1-18(2)33-22-7-5-21(6-8-22)29-25(27-13-11-20-15-28-30(3)16-20)26-12-10-19-4-9-23-24(14-19)32-17-31-23;/h4-9,14-16,18H,10-13,17H2,1-3H3,(H2,26,27,29);1H. The largest absolute Gasteiger partial charge is 0.491 e. The first-order valence-corrected chi connectivity index (χ1v) is 11.2. The number of halogens is 1. The number of rotatable bonds is 9. The number of nitrogens with zero attached hydrogens (tertiary/aromatic N) is 3. The van der Waals surface area contributed by atoms with Gasteiger partial charge in [-0.1, -0.05) is 6.07 Å². The van der Waals surface area contributed by atoms with Gasteiger partial charge in [-0.3, -0.25) is 9.67 Å². The highest BCUT2D eigenvalue weighted by molar-refractivity contribution is 14.0. The minimum absolute atomic E-state index is 0. The Morgan fingerprint density at radius 1 is 1.09 bits per heavy atom. The second-order valence-corrected chi connectivity index (χ2v) is 8.18. The molecule has 2 aromatic carbocycles. The molecule has 0 amide bonds. The average Bonchev–Trinajstić information content (AvgIpc) is 3.43. The van der Waals surface area contributed by atoms with E-state index in [-0.39, 0.29) is 36.9 Å². The zero-order valence-electron chi connectivity index (χ0n) is 19.8. The molecule has 1 aliphatic heterocycles. The summed E-state index contributed by atoms with van der Waals surface area (Å²) in [5.41, 5.74) is 3.29. The first-order valence-electron chi connectivity index (χ1n) is 11.2. The van der Waals surface area contributed by atoms with E-state index in [1.165, 1.54) is 5.56 Å². The van der Waals surface area contributed by atoms with Gasteiger partial charge in [0.15, 0.2) is 17.5 Å². The number of fused-ring (bicyclic) bond motifs is 1. The summed E-state index contributed by atoms with van der Waals surface area (Å²) in [6.07, 6.45) is 5.72. The Morgan fingerprint density at radius 2 is 1.88 bits per heavy atom. The predicted octanol–water partition coefficient (Wildman–Crippen LogP) is 4.40. The molecule has 182 valence electrons. The number of ether oxygens (including phenoxy) is 3. The van der Waals surface area contributed by atoms with Crippen molar-refractivity contribution in [1.82, 2.24) is 15.1 Å². The van der Waals surface area contributed by atoms with Crippen molar-refractivity contribution in [2.24, 2.45) is 12.0 Å². The topological polar surface area (TPSA) is 81.9 Å². The molecule has 0 spiro atoms. The molecule has 3 aromatic rings. The minimum Gasteiger partial charge on any atom is -0.491 e. The maximum absolute atomic E-state index is 5.73. The van der Waals surface area contributed by atoms with Gasteiger partial charge in [-0.25, -0.2) is 0 Å². The molecule has 0 unspecified atom stereocenters. The van der Waals surface area contributed by atoms with Crippen molar-refractivity contribution in [3.8, 4) is 17.2 Å². The molecular formula is C25H32IN5O3. The lowest BCUT2D eigenvalue weighted by atomic mass is 10.1. The Morgan fingerprint density at radius 3 is 2.62 bits per heavy atom. The highest BCUT2D eigenvalue weighted by Gasteiger charge is 2.13. The predicted molar refractivity (Wildman–Crippen MR) is 145 cm³/mol. The number of aryl methyl sites for hydroxylation is 1. The number of guanidine groups is 1. The van der Waals surface area contributed by atoms with Gasteiger partial charge in [-0.2, -0.15) is 5.10 Å². The fourth-order valence-corrected chi connectivity index (χ4v) is 3.48. The third kappa shape index (κ3) is 7.54. The molecule has 0 fully saturated rings. The second kappa shape index (κ2) is 12.5. The van der Waals surface area contributed by atoms with Crippen molar-refractivity contribution < 1.29 is 14.2 Å². The Kier molecular flexibility index (Phi) is 9.43. The molecule has 0 aliphatic carbocycles. The fraction of sp³-hybridized carbons (Fsp3) is 0.360. The average molecular weight is 577 g/mol. The lowest BCUT2D eigenvalue weighted by Gasteiger charge is -2.14. The van der Waals surface area contributed by atoms with Crippen molar-refractivity contribution in [2.45, 2.75) is 32.8 Å². The Balaban J connectivity index is 0.00000324. The zero-order chi connectivity index (χ0) is 23.0. The van der Waals surface area contributed by atoms with Gasteiger partial charge in [-0.05, 0) is 74.2 Å². The van der Waals surface area contributed by atoms with E-state index in [1.54, 1.807) is 0 Å². The number of aliphatic imine (C=N–C) groups is 1. The van der Waals surface area contributed by atoms with E-state index >= 15 is 0 Å². The molecule has 1 aromatic heterocycles. The number of hydrogen-bond acceptors (Lipinski definition) is 5. The third-order valence-electron chi connectivity index (χ3n) is 5.06. The Labute approximate surface area is 217 Å². The summed E-state index contributed by atoms with van der Waals surface area (Å²) in [6.45, 7) is 5.70. The highest BCUT2D eigenvalue weighted by Crippen LogP contribution is 2.32. The number of anilines is 1. The highest BCUT2D eigenvalue weighted by atomic mass is 127. The second-order valence-electron chi connectivity index (χ2n) is 8.18. The third-order valence-corrected chi connectivity index (χ3v) is 5.06. The van der Waals surface area contributed by atoms with Gasteiger partial charge in [0.2, 0.25) is 6.79 Å². The molecule has 4 rings (SSSR count). The van der Waals surface area contributed by atoms with Crippen LogP contribution in [0.4, 0.5) is 5.69 Å². The van der Waals surface area contributed by atoms with Crippen molar-refractivity contribution in [3.05, 3.63) is 66.0 Å². The number of aromatic nitrogens is 2. The monoisotopic (exact) mass is 577 g/mol. The Bertz CT molecular complexity index is 1080. The van der Waals surface area contributed by atoms with Crippen LogP contribution in [0.3, 0.4) is 0 Å². The lowest BCUT2D eigenvalue weighted by Crippen LogP contribution is -2.32. The van der Waals surface area contributed by atoms with Crippen molar-refractivity contribution in [2.75, 3.05) is 25.2 Å². The Hall–Kier alpha value is -2.95. The molecule has 8 nitrogen and oxygen atoms in total. The molecule has 0 saturated heterocycles. The van der Waals surface area contributed by atoms with Gasteiger partial charge < -0.3 is 24.8 Å². The van der Waals surface area contributed by atoms with Gasteiger partial charge in [-0.15, -0.1) is 24.0 Å². The van der Waals surface area contributed by atoms with E-state index < -0.39 is 0 Å². The quantitative estimate of drug-likeness (QED) is 0.223. The van der Waals surface area contributed by atoms with Crippen molar-refractivity contribution in [3.63, 3.8) is 0 Å². The normalized spacial score (nSPS) is 12.4. The number of nitrogens with one attached hydrogen (secondary N) is 2. The van der Waals surface area contributed by atoms with E-state index in [4.69, 9.17) is 19.2 Å². The minimum atomic E-state index is 0. The molecule has 2 N–H and O–H groups in total. The summed E-state index contributed by atoms with van der Waals surface area (Å²) >= 11 is 0. The maximum Gasteiger partial charge on any atom is 0.231 e. The number of hydrogen-bond donors (Lipinski definition) is 2. The van der Waals surface area contributed by atoms with Crippen LogP contribution >= 0.6 is 24.0 Å². The van der Waals surface area contributed by atoms with Crippen LogP contribution in [0.25, 0.3) is 0 Å². The van der Waals surface area contributed by atoms with Crippen molar-refractivity contribution >= 4 is 35.6 Å². The first-order chi connectivity index (χ1) is 16.0. The summed E-state index contributed by atoms with van der Waals surface area (Å²) in [5.74, 6) is 3.18. The van der Waals surface area contributed by atoms with E-state index in [1.807, 2.05) is 74.4 Å². The van der Waals surface area contributed by atoms with Crippen LogP contribution in [-0.4, -0.2) is 41.7 Å². The van der Waals surface area contributed by atoms with E-state index in [0.29, 0.717) is 6.54 Å². The van der Waals surface area contributed by atoms with Gasteiger partial charge in [0.25, 0.3) is 0 Å². The SMILES string of the molecule is CC(C)Oc1ccc(NC(=NCCc2ccc3c(c2)OCO3)NCCc2cnn(C)c2)cc1.I. The molecule has 2 heterocycles. The van der Waals surface area contributed by atoms with Crippen LogP contribution in [0.1, 0.15) is 25.0 Å². The molecule has 9 heteroatoms. The summed E-state index contributed by atoms with van der Waals surface area (Å²) < 4.78 is 18.4. The molecule has 34 heavy (non-hydrogen) atoms. The van der Waals surface area contributed by atoms with Crippen LogP contribution in [0.15, 0.2) is 59.9 Å². The van der Waals surface area contributed by atoms with E-state index in [0.717, 1.165) is 53.8 Å². The number of benzene rings is 2. The molecule has 1 aliphatic rings. The summed E-state index contributed by atoms with van der Waals surface area (Å²) in [4.78, 5) is 4.79. The molecular weight excluding hydrogens is 545 g/mol. The van der Waals surface area contributed by atoms with Crippen molar-refractivity contribution in [1.29, 1.82) is 0 Å². The molecule has 0 atom stereocenters. The van der Waals surface area contributed by atoms with Crippen LogP contribution in [0.2, 0.25) is 0 Å². The first kappa shape index (κ1) is 25.7. The maximum atomic E-state index is 5.73. The summed E-state index contributed by atoms with van der Waals surface area (Å²) in [5, 5.41) is 11.1.